The number of fused-ring (bicyclic) bond motifs is 2. The fourth-order valence-electron chi connectivity index (χ4n) is 4.22. The van der Waals surface area contributed by atoms with E-state index in [9.17, 15) is 5.26 Å². The van der Waals surface area contributed by atoms with Gasteiger partial charge in [-0.3, -0.25) is 0 Å². The minimum atomic E-state index is -0.135. The molecule has 0 radical (unpaired) electrons. The summed E-state index contributed by atoms with van der Waals surface area (Å²) in [4.78, 5) is 0. The first-order valence-corrected chi connectivity index (χ1v) is 7.21. The van der Waals surface area contributed by atoms with Crippen LogP contribution in [0.1, 0.15) is 36.8 Å². The lowest BCUT2D eigenvalue weighted by Gasteiger charge is -2.31. The van der Waals surface area contributed by atoms with Crippen molar-refractivity contribution < 1.29 is 4.74 Å². The van der Waals surface area contributed by atoms with Crippen LogP contribution in [0.25, 0.3) is 0 Å². The summed E-state index contributed by atoms with van der Waals surface area (Å²) in [6.45, 7) is 2.10. The average molecular weight is 255 g/mol. The van der Waals surface area contributed by atoms with Crippen LogP contribution in [0.2, 0.25) is 0 Å². The Morgan fingerprint density at radius 1 is 1.42 bits per heavy atom. The number of benzene rings is 1. The predicted octanol–water partition coefficient (Wildman–Crippen LogP) is 3.88. The summed E-state index contributed by atoms with van der Waals surface area (Å²) in [5, 5.41) is 9.74. The van der Waals surface area contributed by atoms with Gasteiger partial charge in [0.2, 0.25) is 0 Å². The SMILES string of the molecule is COc1ccc(C)cc1CC1(C#N)CC2CCC1C2. The van der Waals surface area contributed by atoms with Gasteiger partial charge < -0.3 is 4.74 Å². The average Bonchev–Trinajstić information content (AvgIpc) is 3.00. The molecular weight excluding hydrogens is 234 g/mol. The van der Waals surface area contributed by atoms with Crippen LogP contribution in [-0.4, -0.2) is 7.11 Å². The number of ether oxygens (including phenoxy) is 1. The third-order valence-electron chi connectivity index (χ3n) is 5.14. The number of aryl methyl sites for hydroxylation is 1. The van der Waals surface area contributed by atoms with E-state index in [0.29, 0.717) is 5.92 Å². The fraction of sp³-hybridized carbons (Fsp3) is 0.588. The summed E-state index contributed by atoms with van der Waals surface area (Å²) in [6.07, 6.45) is 5.79. The molecule has 2 aliphatic rings. The van der Waals surface area contributed by atoms with Crippen LogP contribution in [0.5, 0.6) is 5.75 Å². The van der Waals surface area contributed by atoms with Crippen LogP contribution in [0.15, 0.2) is 18.2 Å². The van der Waals surface area contributed by atoms with Crippen molar-refractivity contribution in [2.75, 3.05) is 7.11 Å². The van der Waals surface area contributed by atoms with Crippen molar-refractivity contribution >= 4 is 0 Å². The van der Waals surface area contributed by atoms with Crippen LogP contribution >= 0.6 is 0 Å². The Morgan fingerprint density at radius 3 is 2.84 bits per heavy atom. The number of rotatable bonds is 3. The number of hydrogen-bond donors (Lipinski definition) is 0. The molecule has 2 saturated carbocycles. The highest BCUT2D eigenvalue weighted by molar-refractivity contribution is 5.39. The van der Waals surface area contributed by atoms with Crippen LogP contribution in [0, 0.1) is 35.5 Å². The van der Waals surface area contributed by atoms with Gasteiger partial charge in [-0.15, -0.1) is 0 Å². The Kier molecular flexibility index (Phi) is 3.01. The smallest absolute Gasteiger partial charge is 0.122 e. The number of hydrogen-bond acceptors (Lipinski definition) is 2. The number of methoxy groups -OCH3 is 1. The first-order valence-electron chi connectivity index (χ1n) is 7.21. The van der Waals surface area contributed by atoms with E-state index in [1.807, 2.05) is 6.07 Å². The fourth-order valence-corrected chi connectivity index (χ4v) is 4.22. The molecule has 1 aromatic rings. The summed E-state index contributed by atoms with van der Waals surface area (Å²) in [5.41, 5.74) is 2.31. The van der Waals surface area contributed by atoms with Gasteiger partial charge in [0.1, 0.15) is 5.75 Å². The Morgan fingerprint density at radius 2 is 2.26 bits per heavy atom. The molecule has 0 amide bonds. The third-order valence-corrected chi connectivity index (χ3v) is 5.14. The molecule has 0 heterocycles. The second-order valence-electron chi connectivity index (χ2n) is 6.34. The molecule has 19 heavy (non-hydrogen) atoms. The maximum absolute atomic E-state index is 9.74. The zero-order valence-corrected chi connectivity index (χ0v) is 11.8. The van der Waals surface area contributed by atoms with Crippen molar-refractivity contribution in [3.05, 3.63) is 29.3 Å². The van der Waals surface area contributed by atoms with E-state index < -0.39 is 0 Å². The molecule has 1 aromatic carbocycles. The first-order chi connectivity index (χ1) is 9.16. The molecule has 3 unspecified atom stereocenters. The minimum Gasteiger partial charge on any atom is -0.496 e. The van der Waals surface area contributed by atoms with Crippen LogP contribution < -0.4 is 4.74 Å². The molecule has 0 aliphatic heterocycles. The molecule has 100 valence electrons. The van der Waals surface area contributed by atoms with E-state index in [2.05, 4.69) is 25.1 Å². The van der Waals surface area contributed by atoms with E-state index in [1.165, 1.54) is 30.4 Å². The molecule has 2 fully saturated rings. The van der Waals surface area contributed by atoms with Crippen molar-refractivity contribution in [3.8, 4) is 11.8 Å². The molecule has 2 aliphatic carbocycles. The summed E-state index contributed by atoms with van der Waals surface area (Å²) < 4.78 is 5.47. The third kappa shape index (κ3) is 2.02. The highest BCUT2D eigenvalue weighted by Gasteiger charge is 2.51. The molecule has 0 spiro atoms. The molecule has 0 saturated heterocycles. The molecule has 0 aromatic heterocycles. The summed E-state index contributed by atoms with van der Waals surface area (Å²) in [7, 11) is 1.72. The Balaban J connectivity index is 1.92. The topological polar surface area (TPSA) is 33.0 Å². The standard InChI is InChI=1S/C17H21NO/c1-12-3-6-16(19-2)14(7-12)10-17(11-18)9-13-4-5-15(17)8-13/h3,6-7,13,15H,4-5,8-10H2,1-2H3. The molecule has 3 rings (SSSR count). The van der Waals surface area contributed by atoms with Crippen molar-refractivity contribution in [1.82, 2.24) is 0 Å². The van der Waals surface area contributed by atoms with Gasteiger partial charge in [-0.25, -0.2) is 0 Å². The molecule has 3 atom stereocenters. The summed E-state index contributed by atoms with van der Waals surface area (Å²) in [6, 6.07) is 8.96. The molecule has 2 heteroatoms. The van der Waals surface area contributed by atoms with Crippen molar-refractivity contribution in [1.29, 1.82) is 5.26 Å². The van der Waals surface area contributed by atoms with Gasteiger partial charge >= 0.3 is 0 Å². The lowest BCUT2D eigenvalue weighted by molar-refractivity contribution is 0.236. The predicted molar refractivity (Wildman–Crippen MR) is 74.9 cm³/mol. The van der Waals surface area contributed by atoms with Gasteiger partial charge in [-0.1, -0.05) is 24.1 Å². The molecule has 0 N–H and O–H groups in total. The highest BCUT2D eigenvalue weighted by Crippen LogP contribution is 2.57. The Bertz CT molecular complexity index is 531. The molecule has 2 nitrogen and oxygen atoms in total. The largest absolute Gasteiger partial charge is 0.496 e. The van der Waals surface area contributed by atoms with Crippen LogP contribution in [-0.2, 0) is 6.42 Å². The lowest BCUT2D eigenvalue weighted by Crippen LogP contribution is -2.28. The highest BCUT2D eigenvalue weighted by atomic mass is 16.5. The second kappa shape index (κ2) is 4.56. The monoisotopic (exact) mass is 255 g/mol. The maximum Gasteiger partial charge on any atom is 0.122 e. The minimum absolute atomic E-state index is 0.135. The Labute approximate surface area is 115 Å². The first kappa shape index (κ1) is 12.5. The van der Waals surface area contributed by atoms with Gasteiger partial charge in [0.05, 0.1) is 18.6 Å². The molecule has 2 bridgehead atoms. The summed E-state index contributed by atoms with van der Waals surface area (Å²) >= 11 is 0. The Hall–Kier alpha value is -1.49. The van der Waals surface area contributed by atoms with Gasteiger partial charge in [-0.2, -0.15) is 5.26 Å². The van der Waals surface area contributed by atoms with Gasteiger partial charge in [0.15, 0.2) is 0 Å². The van der Waals surface area contributed by atoms with Crippen molar-refractivity contribution in [2.24, 2.45) is 17.3 Å². The van der Waals surface area contributed by atoms with E-state index in [1.54, 1.807) is 7.11 Å². The second-order valence-corrected chi connectivity index (χ2v) is 6.34. The maximum atomic E-state index is 9.74. The summed E-state index contributed by atoms with van der Waals surface area (Å²) in [5.74, 6) is 2.33. The van der Waals surface area contributed by atoms with Crippen molar-refractivity contribution in [2.45, 2.75) is 39.0 Å². The van der Waals surface area contributed by atoms with Gasteiger partial charge in [-0.05, 0) is 56.1 Å². The van der Waals surface area contributed by atoms with E-state index >= 15 is 0 Å². The van der Waals surface area contributed by atoms with E-state index in [4.69, 9.17) is 4.74 Å². The zero-order valence-electron chi connectivity index (χ0n) is 11.8. The van der Waals surface area contributed by atoms with Crippen LogP contribution in [0.4, 0.5) is 0 Å². The van der Waals surface area contributed by atoms with Gasteiger partial charge in [0.25, 0.3) is 0 Å². The van der Waals surface area contributed by atoms with E-state index in [-0.39, 0.29) is 5.41 Å². The quantitative estimate of drug-likeness (QED) is 0.821. The molecular formula is C17H21NO. The van der Waals surface area contributed by atoms with E-state index in [0.717, 1.165) is 24.5 Å². The van der Waals surface area contributed by atoms with Gasteiger partial charge in [0, 0.05) is 0 Å². The number of nitriles is 1. The van der Waals surface area contributed by atoms with Crippen LogP contribution in [0.3, 0.4) is 0 Å². The number of nitrogens with zero attached hydrogens (tertiary/aromatic N) is 1. The van der Waals surface area contributed by atoms with Crippen molar-refractivity contribution in [3.63, 3.8) is 0 Å². The normalized spacial score (nSPS) is 32.3. The lowest BCUT2D eigenvalue weighted by atomic mass is 9.70. The zero-order chi connectivity index (χ0) is 13.5.